The SMILES string of the molecule is CC(C)CCCCCCC(=O)OCCCCCCCOC(=O)CC(OC(=O)OCCN(C)C)C(=O)OCCCCCCCOC(=O)CCCCCCC(C)C. The molecule has 0 saturated heterocycles. The highest BCUT2D eigenvalue weighted by molar-refractivity contribution is 5.83. The van der Waals surface area contributed by atoms with Crippen molar-refractivity contribution in [2.45, 2.75) is 181 Å². The molecular weight excluding hydrogens is 706 g/mol. The van der Waals surface area contributed by atoms with Crippen molar-refractivity contribution >= 4 is 30.0 Å². The molecule has 1 unspecified atom stereocenters. The maximum atomic E-state index is 12.8. The van der Waals surface area contributed by atoms with Crippen LogP contribution in [0.25, 0.3) is 0 Å². The quantitative estimate of drug-likeness (QED) is 0.0336. The minimum Gasteiger partial charge on any atom is -0.466 e. The molecule has 0 spiro atoms. The molecule has 0 aromatic rings. The second kappa shape index (κ2) is 36.7. The molecule has 0 aliphatic heterocycles. The number of carbonyl (C=O) groups excluding carboxylic acids is 5. The van der Waals surface area contributed by atoms with Crippen LogP contribution in [0, 0.1) is 11.8 Å². The van der Waals surface area contributed by atoms with E-state index in [1.807, 2.05) is 19.0 Å². The van der Waals surface area contributed by atoms with Crippen LogP contribution in [0.5, 0.6) is 0 Å². The van der Waals surface area contributed by atoms with Crippen molar-refractivity contribution in [1.82, 2.24) is 4.90 Å². The monoisotopic (exact) mass is 786 g/mol. The molecule has 12 nitrogen and oxygen atoms in total. The number of nitrogens with zero attached hydrogens (tertiary/aromatic N) is 1. The van der Waals surface area contributed by atoms with Crippen LogP contribution in [0.15, 0.2) is 0 Å². The van der Waals surface area contributed by atoms with Crippen LogP contribution in [0.1, 0.15) is 175 Å². The Morgan fingerprint density at radius 2 is 0.818 bits per heavy atom. The first-order valence-electron chi connectivity index (χ1n) is 21.5. The fourth-order valence-corrected chi connectivity index (χ4v) is 5.63. The zero-order chi connectivity index (χ0) is 40.9. The van der Waals surface area contributed by atoms with E-state index in [4.69, 9.17) is 28.4 Å². The van der Waals surface area contributed by atoms with Gasteiger partial charge in [0.05, 0.1) is 32.8 Å². The summed E-state index contributed by atoms with van der Waals surface area (Å²) in [6.07, 6.45) is 17.1. The third kappa shape index (κ3) is 37.8. The summed E-state index contributed by atoms with van der Waals surface area (Å²) in [5, 5.41) is 0. The number of ether oxygens (including phenoxy) is 6. The number of esters is 4. The Balaban J connectivity index is 4.21. The predicted octanol–water partition coefficient (Wildman–Crippen LogP) is 9.53. The van der Waals surface area contributed by atoms with Gasteiger partial charge in [-0.2, -0.15) is 0 Å². The van der Waals surface area contributed by atoms with Crippen LogP contribution < -0.4 is 0 Å². The Kier molecular flexibility index (Phi) is 34.8. The minimum atomic E-state index is -1.47. The van der Waals surface area contributed by atoms with Crippen molar-refractivity contribution in [3.05, 3.63) is 0 Å². The molecule has 0 aromatic carbocycles. The Morgan fingerprint density at radius 1 is 0.436 bits per heavy atom. The van der Waals surface area contributed by atoms with Crippen molar-refractivity contribution in [1.29, 1.82) is 0 Å². The van der Waals surface area contributed by atoms with Gasteiger partial charge in [-0.15, -0.1) is 0 Å². The van der Waals surface area contributed by atoms with Crippen molar-refractivity contribution in [3.63, 3.8) is 0 Å². The van der Waals surface area contributed by atoms with Gasteiger partial charge < -0.3 is 33.3 Å². The van der Waals surface area contributed by atoms with E-state index in [0.717, 1.165) is 102 Å². The van der Waals surface area contributed by atoms with Crippen LogP contribution in [0.2, 0.25) is 0 Å². The van der Waals surface area contributed by atoms with E-state index < -0.39 is 30.6 Å². The van der Waals surface area contributed by atoms with E-state index in [-0.39, 0.29) is 31.8 Å². The van der Waals surface area contributed by atoms with Gasteiger partial charge in [-0.25, -0.2) is 9.59 Å². The molecule has 0 fully saturated rings. The number of likely N-dealkylation sites (N-methyl/N-ethyl adjacent to an activating group) is 1. The Labute approximate surface area is 333 Å². The fourth-order valence-electron chi connectivity index (χ4n) is 5.63. The lowest BCUT2D eigenvalue weighted by molar-refractivity contribution is -0.161. The van der Waals surface area contributed by atoms with E-state index in [2.05, 4.69) is 27.7 Å². The molecule has 1 atom stereocenters. The second-order valence-electron chi connectivity index (χ2n) is 15.8. The topological polar surface area (TPSA) is 144 Å². The third-order valence-electron chi connectivity index (χ3n) is 9.05. The summed E-state index contributed by atoms with van der Waals surface area (Å²) >= 11 is 0. The van der Waals surface area contributed by atoms with E-state index in [1.54, 1.807) is 0 Å². The largest absolute Gasteiger partial charge is 0.509 e. The second-order valence-corrected chi connectivity index (χ2v) is 15.8. The first kappa shape index (κ1) is 52.1. The Hall–Kier alpha value is -2.89. The highest BCUT2D eigenvalue weighted by Crippen LogP contribution is 2.13. The summed E-state index contributed by atoms with van der Waals surface area (Å²) in [4.78, 5) is 63.2. The molecule has 0 heterocycles. The summed E-state index contributed by atoms with van der Waals surface area (Å²) in [5.74, 6) is -0.294. The Morgan fingerprint density at radius 3 is 1.25 bits per heavy atom. The molecular formula is C43H79NO11. The maximum absolute atomic E-state index is 12.8. The fraction of sp³-hybridized carbons (Fsp3) is 0.884. The van der Waals surface area contributed by atoms with Gasteiger partial charge >= 0.3 is 30.0 Å². The third-order valence-corrected chi connectivity index (χ3v) is 9.05. The maximum Gasteiger partial charge on any atom is 0.509 e. The summed E-state index contributed by atoms with van der Waals surface area (Å²) in [6.45, 7) is 10.6. The molecule has 55 heavy (non-hydrogen) atoms. The van der Waals surface area contributed by atoms with Crippen LogP contribution in [-0.4, -0.2) is 94.7 Å². The van der Waals surface area contributed by atoms with E-state index in [1.165, 1.54) is 25.7 Å². The molecule has 0 radical (unpaired) electrons. The van der Waals surface area contributed by atoms with Crippen molar-refractivity contribution in [2.75, 3.05) is 53.7 Å². The van der Waals surface area contributed by atoms with Gasteiger partial charge in [0.2, 0.25) is 6.10 Å². The van der Waals surface area contributed by atoms with Crippen LogP contribution >= 0.6 is 0 Å². The standard InChI is InChI=1S/C43H79NO11/c1-36(2)25-17-9-11-19-27-39(45)50-30-21-13-7-15-23-32-52-41(47)35-38(55-43(49)54-34-29-44(5)6)42(48)53-33-24-16-8-14-22-31-51-40(46)28-20-12-10-18-26-37(3)4/h36-38H,7-35H2,1-6H3. The van der Waals surface area contributed by atoms with E-state index in [0.29, 0.717) is 45.4 Å². The van der Waals surface area contributed by atoms with Crippen LogP contribution in [0.4, 0.5) is 4.79 Å². The molecule has 0 aliphatic rings. The van der Waals surface area contributed by atoms with Crippen molar-refractivity contribution in [2.24, 2.45) is 11.8 Å². The van der Waals surface area contributed by atoms with E-state index in [9.17, 15) is 24.0 Å². The molecule has 12 heteroatoms. The van der Waals surface area contributed by atoms with Crippen LogP contribution in [0.3, 0.4) is 0 Å². The first-order valence-corrected chi connectivity index (χ1v) is 21.5. The minimum absolute atomic E-state index is 0.0664. The molecule has 322 valence electrons. The summed E-state index contributed by atoms with van der Waals surface area (Å²) in [5.41, 5.74) is 0. The molecule has 0 rings (SSSR count). The number of unbranched alkanes of at least 4 members (excludes halogenated alkanes) is 14. The molecule has 0 amide bonds. The lowest BCUT2D eigenvalue weighted by Gasteiger charge is -2.17. The Bertz CT molecular complexity index is 986. The summed E-state index contributed by atoms with van der Waals surface area (Å²) in [6, 6.07) is 0. The normalized spacial score (nSPS) is 11.8. The lowest BCUT2D eigenvalue weighted by atomic mass is 10.0. The van der Waals surface area contributed by atoms with Gasteiger partial charge in [-0.1, -0.05) is 118 Å². The van der Waals surface area contributed by atoms with Crippen LogP contribution in [-0.2, 0) is 47.6 Å². The summed E-state index contributed by atoms with van der Waals surface area (Å²) < 4.78 is 31.5. The van der Waals surface area contributed by atoms with Gasteiger partial charge in [0.15, 0.2) is 0 Å². The number of hydrogen-bond acceptors (Lipinski definition) is 12. The van der Waals surface area contributed by atoms with Gasteiger partial charge in [0, 0.05) is 19.4 Å². The number of hydrogen-bond donors (Lipinski definition) is 0. The van der Waals surface area contributed by atoms with Gasteiger partial charge in [0.1, 0.15) is 6.61 Å². The zero-order valence-electron chi connectivity index (χ0n) is 35.7. The molecule has 0 aromatic heterocycles. The van der Waals surface area contributed by atoms with Gasteiger partial charge in [0.25, 0.3) is 0 Å². The average Bonchev–Trinajstić information content (AvgIpc) is 3.12. The molecule has 0 N–H and O–H groups in total. The van der Waals surface area contributed by atoms with Gasteiger partial charge in [-0.05, 0) is 64.5 Å². The lowest BCUT2D eigenvalue weighted by Crippen LogP contribution is -2.33. The summed E-state index contributed by atoms with van der Waals surface area (Å²) in [7, 11) is 3.65. The van der Waals surface area contributed by atoms with Crippen molar-refractivity contribution < 1.29 is 52.4 Å². The number of rotatable bonds is 37. The van der Waals surface area contributed by atoms with Crippen molar-refractivity contribution in [3.8, 4) is 0 Å². The van der Waals surface area contributed by atoms with E-state index >= 15 is 0 Å². The number of carbonyl (C=O) groups is 5. The molecule has 0 aliphatic carbocycles. The highest BCUT2D eigenvalue weighted by Gasteiger charge is 2.29. The molecule has 0 bridgehead atoms. The zero-order valence-corrected chi connectivity index (χ0v) is 35.7. The average molecular weight is 786 g/mol. The van der Waals surface area contributed by atoms with Gasteiger partial charge in [-0.3, -0.25) is 14.4 Å². The highest BCUT2D eigenvalue weighted by atomic mass is 16.7. The molecule has 0 saturated carbocycles. The predicted molar refractivity (Wildman–Crippen MR) is 214 cm³/mol. The smallest absolute Gasteiger partial charge is 0.466 e. The first-order chi connectivity index (χ1) is 26.4.